The van der Waals surface area contributed by atoms with Crippen LogP contribution < -0.4 is 5.56 Å². The molecule has 3 aromatic heterocycles. The van der Waals surface area contributed by atoms with Crippen molar-refractivity contribution in [2.45, 2.75) is 0 Å². The van der Waals surface area contributed by atoms with Gasteiger partial charge in [-0.15, -0.1) is 0 Å². The van der Waals surface area contributed by atoms with E-state index in [1.54, 1.807) is 10.5 Å². The zero-order chi connectivity index (χ0) is 28.8. The number of benzene rings is 7. The molecule has 0 saturated heterocycles. The molecule has 0 fully saturated rings. The van der Waals surface area contributed by atoms with E-state index in [4.69, 9.17) is 4.98 Å². The van der Waals surface area contributed by atoms with Crippen molar-refractivity contribution in [3.05, 3.63) is 120 Å². The molecule has 1 N–H and O–H groups in total. The number of aromatic hydroxyl groups is 1. The Morgan fingerprint density at radius 3 is 1.70 bits per heavy atom. The first kappa shape index (κ1) is 22.5. The summed E-state index contributed by atoms with van der Waals surface area (Å²) in [5.74, 6) is -0.117. The Balaban J connectivity index is 1.50. The molecule has 0 unspecified atom stereocenters. The predicted octanol–water partition coefficient (Wildman–Crippen LogP) is 8.95. The van der Waals surface area contributed by atoms with Gasteiger partial charge in [-0.3, -0.25) is 9.20 Å². The van der Waals surface area contributed by atoms with Crippen LogP contribution in [0.3, 0.4) is 0 Å². The maximum absolute atomic E-state index is 14.6. The van der Waals surface area contributed by atoms with E-state index >= 15 is 0 Å². The van der Waals surface area contributed by atoms with Gasteiger partial charge in [0.25, 0.3) is 5.56 Å². The van der Waals surface area contributed by atoms with Crippen molar-refractivity contribution in [2.75, 3.05) is 0 Å². The molecule has 0 bridgehead atoms. The van der Waals surface area contributed by atoms with E-state index in [0.717, 1.165) is 43.8 Å². The smallest absolute Gasteiger partial charge is 0.265 e. The molecule has 5 nitrogen and oxygen atoms in total. The van der Waals surface area contributed by atoms with Crippen molar-refractivity contribution >= 4 is 81.4 Å². The monoisotopic (exact) mass is 561 g/mol. The third-order valence-electron chi connectivity index (χ3n) is 9.74. The number of pyridine rings is 1. The van der Waals surface area contributed by atoms with Crippen molar-refractivity contribution in [2.24, 2.45) is 0 Å². The average molecular weight is 562 g/mol. The van der Waals surface area contributed by atoms with Gasteiger partial charge in [0.15, 0.2) is 11.3 Å². The van der Waals surface area contributed by atoms with Crippen LogP contribution in [0.1, 0.15) is 0 Å². The molecule has 8 aromatic carbocycles. The van der Waals surface area contributed by atoms with E-state index in [9.17, 15) is 9.90 Å². The highest BCUT2D eigenvalue weighted by Gasteiger charge is 2.29. The number of hydrogen-bond donors (Lipinski definition) is 1. The summed E-state index contributed by atoms with van der Waals surface area (Å²) in [5.41, 5.74) is 5.88. The molecule has 0 saturated carbocycles. The van der Waals surface area contributed by atoms with E-state index in [1.165, 1.54) is 43.8 Å². The first-order valence-electron chi connectivity index (χ1n) is 14.7. The number of rotatable bonds is 2. The summed E-state index contributed by atoms with van der Waals surface area (Å²) >= 11 is 0. The van der Waals surface area contributed by atoms with Gasteiger partial charge < -0.3 is 5.11 Å². The molecule has 0 aliphatic carbocycles. The van der Waals surface area contributed by atoms with Gasteiger partial charge in [-0.1, -0.05) is 84.9 Å². The number of aromatic nitrogens is 3. The van der Waals surface area contributed by atoms with Crippen LogP contribution in [-0.4, -0.2) is 19.5 Å². The lowest BCUT2D eigenvalue weighted by atomic mass is 9.89. The maximum Gasteiger partial charge on any atom is 0.265 e. The second-order valence-electron chi connectivity index (χ2n) is 11.8. The predicted molar refractivity (Wildman–Crippen MR) is 179 cm³/mol. The Kier molecular flexibility index (Phi) is 3.82. The minimum Gasteiger partial charge on any atom is -0.493 e. The molecular weight excluding hydrogens is 542 g/mol. The fraction of sp³-hybridized carbons (Fsp3) is 0. The SMILES string of the molecule is O=c1c2c3cc(-c4ccccc4)c4ccc5ccc6c(-c7ccccc7)cc(c7c6c5c4c37)c2c2nc3nc(O)ccc3n12. The Bertz CT molecular complexity index is 3000. The summed E-state index contributed by atoms with van der Waals surface area (Å²) in [6.45, 7) is 0. The summed E-state index contributed by atoms with van der Waals surface area (Å²) in [7, 11) is 0. The van der Waals surface area contributed by atoms with Gasteiger partial charge in [0.1, 0.15) is 0 Å². The normalized spacial score (nSPS) is 12.7. The second kappa shape index (κ2) is 7.46. The topological polar surface area (TPSA) is 67.5 Å². The van der Waals surface area contributed by atoms with Gasteiger partial charge >= 0.3 is 0 Å². The molecular formula is C39H19N3O2. The molecule has 11 rings (SSSR count). The molecule has 0 aliphatic rings. The van der Waals surface area contributed by atoms with Crippen LogP contribution in [0.5, 0.6) is 5.88 Å². The van der Waals surface area contributed by atoms with Gasteiger partial charge in [0, 0.05) is 11.5 Å². The second-order valence-corrected chi connectivity index (χ2v) is 11.8. The Morgan fingerprint density at radius 1 is 0.523 bits per heavy atom. The molecule has 5 heteroatoms. The van der Waals surface area contributed by atoms with Crippen molar-refractivity contribution < 1.29 is 5.11 Å². The highest BCUT2D eigenvalue weighted by Crippen LogP contribution is 2.54. The van der Waals surface area contributed by atoms with Gasteiger partial charge in [-0.05, 0) is 94.3 Å². The zero-order valence-electron chi connectivity index (χ0n) is 23.1. The number of hydrogen-bond acceptors (Lipinski definition) is 4. The number of nitrogens with zero attached hydrogens (tertiary/aromatic N) is 3. The van der Waals surface area contributed by atoms with Crippen LogP contribution in [-0.2, 0) is 0 Å². The van der Waals surface area contributed by atoms with Crippen LogP contribution >= 0.6 is 0 Å². The average Bonchev–Trinajstić information content (AvgIpc) is 3.71. The summed E-state index contributed by atoms with van der Waals surface area (Å²) < 4.78 is 1.68. The van der Waals surface area contributed by atoms with E-state index in [-0.39, 0.29) is 11.4 Å². The molecule has 0 atom stereocenters. The van der Waals surface area contributed by atoms with E-state index in [2.05, 4.69) is 89.9 Å². The summed E-state index contributed by atoms with van der Waals surface area (Å²) in [6.07, 6.45) is 0. The van der Waals surface area contributed by atoms with Crippen molar-refractivity contribution in [1.29, 1.82) is 0 Å². The van der Waals surface area contributed by atoms with E-state index in [1.807, 2.05) is 12.1 Å². The number of imidazole rings is 1. The standard InChI is InChI=1S/C39H19N3O2/c43-29-16-15-28-37(40-29)41-38-35-26-17-24(19-7-3-1-4-8-19)22-13-11-21-12-14-23-25(20-9-5-2-6-10-20)18-27(36(35)39(44)42(28)38)34-32(23)30(21)31(22)33(26)34/h1-18H,(H,40,43). The minimum absolute atomic E-state index is 0.116. The fourth-order valence-corrected chi connectivity index (χ4v) is 8.03. The molecule has 0 amide bonds. The fourth-order valence-electron chi connectivity index (χ4n) is 8.03. The lowest BCUT2D eigenvalue weighted by Gasteiger charge is -2.13. The highest BCUT2D eigenvalue weighted by atomic mass is 16.3. The van der Waals surface area contributed by atoms with Crippen LogP contribution in [0, 0.1) is 0 Å². The Morgan fingerprint density at radius 2 is 1.09 bits per heavy atom. The maximum atomic E-state index is 14.6. The van der Waals surface area contributed by atoms with Crippen molar-refractivity contribution in [1.82, 2.24) is 14.4 Å². The molecule has 202 valence electrons. The van der Waals surface area contributed by atoms with E-state index in [0.29, 0.717) is 22.2 Å². The quantitative estimate of drug-likeness (QED) is 0.214. The number of fused-ring (bicyclic) bond motifs is 7. The zero-order valence-corrected chi connectivity index (χ0v) is 23.1. The summed E-state index contributed by atoms with van der Waals surface area (Å²) in [4.78, 5) is 23.8. The molecule has 11 aromatic rings. The minimum atomic E-state index is -0.117. The third-order valence-corrected chi connectivity index (χ3v) is 9.74. The van der Waals surface area contributed by atoms with E-state index < -0.39 is 0 Å². The van der Waals surface area contributed by atoms with Crippen LogP contribution in [0.4, 0.5) is 0 Å². The highest BCUT2D eigenvalue weighted by molar-refractivity contribution is 6.50. The first-order chi connectivity index (χ1) is 21.7. The first-order valence-corrected chi connectivity index (χ1v) is 14.7. The van der Waals surface area contributed by atoms with Gasteiger partial charge in [-0.25, -0.2) is 4.98 Å². The van der Waals surface area contributed by atoms with Crippen LogP contribution in [0.2, 0.25) is 0 Å². The van der Waals surface area contributed by atoms with Crippen LogP contribution in [0.25, 0.3) is 104 Å². The molecule has 44 heavy (non-hydrogen) atoms. The molecule has 0 aliphatic heterocycles. The third kappa shape index (κ3) is 2.48. The van der Waals surface area contributed by atoms with Gasteiger partial charge in [0.05, 0.1) is 10.9 Å². The van der Waals surface area contributed by atoms with Crippen molar-refractivity contribution in [3.8, 4) is 28.1 Å². The molecule has 3 heterocycles. The lowest BCUT2D eigenvalue weighted by Crippen LogP contribution is -2.06. The molecule has 0 spiro atoms. The lowest BCUT2D eigenvalue weighted by molar-refractivity contribution is 0.455. The van der Waals surface area contributed by atoms with Crippen LogP contribution in [0.15, 0.2) is 114 Å². The Hall–Kier alpha value is -6.07. The van der Waals surface area contributed by atoms with Crippen molar-refractivity contribution in [3.63, 3.8) is 0 Å². The van der Waals surface area contributed by atoms with Gasteiger partial charge in [-0.2, -0.15) is 4.98 Å². The van der Waals surface area contributed by atoms with Gasteiger partial charge in [0.2, 0.25) is 5.88 Å². The summed E-state index contributed by atoms with van der Waals surface area (Å²) in [5, 5.41) is 23.2. The summed E-state index contributed by atoms with van der Waals surface area (Å²) in [6, 6.07) is 37.6. The Labute approximate surface area is 248 Å². The largest absolute Gasteiger partial charge is 0.493 e. The molecule has 0 radical (unpaired) electrons.